The number of nitrogens with one attached hydrogen (secondary N) is 1. The number of carbonyl (C=O) groups excluding carboxylic acids is 2. The molecule has 0 unspecified atom stereocenters. The Labute approximate surface area is 104 Å². The van der Waals surface area contributed by atoms with Crippen molar-refractivity contribution in [3.63, 3.8) is 0 Å². The van der Waals surface area contributed by atoms with E-state index in [1.54, 1.807) is 14.0 Å². The molecule has 6 nitrogen and oxygen atoms in total. The van der Waals surface area contributed by atoms with E-state index in [4.69, 9.17) is 17.3 Å². The van der Waals surface area contributed by atoms with Gasteiger partial charge in [-0.15, -0.1) is 0 Å². The Bertz CT molecular complexity index is 476. The maximum atomic E-state index is 11.9. The van der Waals surface area contributed by atoms with E-state index in [1.165, 1.54) is 18.1 Å². The highest BCUT2D eigenvalue weighted by Gasteiger charge is 2.22. The zero-order valence-corrected chi connectivity index (χ0v) is 10.5. The second-order valence-electron chi connectivity index (χ2n) is 3.44. The standard InChI is InChI=1S/C10H13ClN4O2/c1-5-4-6(11)14-8(7(5)9(12)16)10(17)15(3)13-2/h4,13H,1-3H3,(H2,12,16). The number of aromatic nitrogens is 1. The van der Waals surface area contributed by atoms with E-state index in [0.29, 0.717) is 5.56 Å². The van der Waals surface area contributed by atoms with E-state index in [0.717, 1.165) is 0 Å². The molecule has 2 amide bonds. The monoisotopic (exact) mass is 256 g/mol. The van der Waals surface area contributed by atoms with Crippen molar-refractivity contribution >= 4 is 23.4 Å². The average molecular weight is 257 g/mol. The molecule has 1 heterocycles. The predicted molar refractivity (Wildman–Crippen MR) is 63.7 cm³/mol. The quantitative estimate of drug-likeness (QED) is 0.603. The summed E-state index contributed by atoms with van der Waals surface area (Å²) in [6, 6.07) is 1.48. The van der Waals surface area contributed by atoms with Gasteiger partial charge < -0.3 is 5.73 Å². The van der Waals surface area contributed by atoms with Crippen molar-refractivity contribution in [1.82, 2.24) is 15.4 Å². The van der Waals surface area contributed by atoms with E-state index >= 15 is 0 Å². The molecule has 0 aromatic carbocycles. The molecule has 0 radical (unpaired) electrons. The lowest BCUT2D eigenvalue weighted by atomic mass is 10.1. The summed E-state index contributed by atoms with van der Waals surface area (Å²) in [6.07, 6.45) is 0. The molecule has 0 aliphatic rings. The molecule has 3 N–H and O–H groups in total. The number of halogens is 1. The molecule has 1 aromatic heterocycles. The number of aryl methyl sites for hydroxylation is 1. The smallest absolute Gasteiger partial charge is 0.287 e. The number of amides is 2. The predicted octanol–water partition coefficient (Wildman–Crippen LogP) is 0.349. The van der Waals surface area contributed by atoms with Gasteiger partial charge in [-0.25, -0.2) is 10.4 Å². The largest absolute Gasteiger partial charge is 0.366 e. The Hall–Kier alpha value is -1.66. The normalized spacial score (nSPS) is 10.1. The van der Waals surface area contributed by atoms with Crippen molar-refractivity contribution in [3.8, 4) is 0 Å². The Kier molecular flexibility index (Phi) is 4.03. The van der Waals surface area contributed by atoms with Crippen LogP contribution in [0.3, 0.4) is 0 Å². The van der Waals surface area contributed by atoms with Gasteiger partial charge in [-0.2, -0.15) is 0 Å². The number of primary amides is 1. The molecule has 0 aliphatic heterocycles. The highest BCUT2D eigenvalue weighted by Crippen LogP contribution is 2.17. The first-order chi connectivity index (χ1) is 7.88. The van der Waals surface area contributed by atoms with Gasteiger partial charge in [-0.3, -0.25) is 14.6 Å². The lowest BCUT2D eigenvalue weighted by Crippen LogP contribution is -2.38. The molecular formula is C10H13ClN4O2. The van der Waals surface area contributed by atoms with E-state index in [2.05, 4.69) is 10.4 Å². The number of hydrazine groups is 1. The summed E-state index contributed by atoms with van der Waals surface area (Å²) in [4.78, 5) is 27.1. The number of rotatable bonds is 3. The minimum atomic E-state index is -0.709. The molecule has 0 saturated carbocycles. The summed E-state index contributed by atoms with van der Waals surface area (Å²) in [5, 5.41) is 1.32. The molecule has 0 spiro atoms. The first-order valence-electron chi connectivity index (χ1n) is 4.80. The van der Waals surface area contributed by atoms with Crippen molar-refractivity contribution in [3.05, 3.63) is 28.0 Å². The molecule has 0 fully saturated rings. The van der Waals surface area contributed by atoms with Crippen LogP contribution in [0.15, 0.2) is 6.07 Å². The Morgan fingerprint density at radius 3 is 2.59 bits per heavy atom. The van der Waals surface area contributed by atoms with E-state index in [1.807, 2.05) is 0 Å². The van der Waals surface area contributed by atoms with Crippen LogP contribution in [0.4, 0.5) is 0 Å². The topological polar surface area (TPSA) is 88.3 Å². The second kappa shape index (κ2) is 5.11. The summed E-state index contributed by atoms with van der Waals surface area (Å²) in [7, 11) is 3.07. The van der Waals surface area contributed by atoms with Crippen LogP contribution in [0.5, 0.6) is 0 Å². The highest BCUT2D eigenvalue weighted by atomic mass is 35.5. The van der Waals surface area contributed by atoms with E-state index in [9.17, 15) is 9.59 Å². The van der Waals surface area contributed by atoms with Crippen LogP contribution in [0.25, 0.3) is 0 Å². The third-order valence-electron chi connectivity index (χ3n) is 2.27. The fourth-order valence-electron chi connectivity index (χ4n) is 1.36. The van der Waals surface area contributed by atoms with Gasteiger partial charge in [0.15, 0.2) is 0 Å². The number of nitrogens with zero attached hydrogens (tertiary/aromatic N) is 2. The van der Waals surface area contributed by atoms with E-state index < -0.39 is 11.8 Å². The summed E-state index contributed by atoms with van der Waals surface area (Å²) >= 11 is 5.76. The van der Waals surface area contributed by atoms with Crippen LogP contribution in [0, 0.1) is 6.92 Å². The Balaban J connectivity index is 3.40. The van der Waals surface area contributed by atoms with Crippen molar-refractivity contribution in [1.29, 1.82) is 0 Å². The number of carbonyl (C=O) groups is 2. The zero-order chi connectivity index (χ0) is 13.2. The first kappa shape index (κ1) is 13.4. The lowest BCUT2D eigenvalue weighted by Gasteiger charge is -2.17. The van der Waals surface area contributed by atoms with E-state index in [-0.39, 0.29) is 16.4 Å². The van der Waals surface area contributed by atoms with Crippen LogP contribution < -0.4 is 11.2 Å². The molecular weight excluding hydrogens is 244 g/mol. The van der Waals surface area contributed by atoms with Gasteiger partial charge >= 0.3 is 0 Å². The summed E-state index contributed by atoms with van der Waals surface area (Å²) in [5.74, 6) is -1.19. The van der Waals surface area contributed by atoms with Crippen LogP contribution in [-0.4, -0.2) is 35.9 Å². The van der Waals surface area contributed by atoms with Crippen molar-refractivity contribution in [2.75, 3.05) is 14.1 Å². The molecule has 0 aliphatic carbocycles. The highest BCUT2D eigenvalue weighted by molar-refractivity contribution is 6.29. The maximum absolute atomic E-state index is 11.9. The Morgan fingerprint density at radius 1 is 1.53 bits per heavy atom. The molecule has 1 aromatic rings. The molecule has 0 atom stereocenters. The summed E-state index contributed by atoms with van der Waals surface area (Å²) in [5.41, 5.74) is 8.40. The minimum absolute atomic E-state index is 0.0562. The van der Waals surface area contributed by atoms with Crippen LogP contribution in [-0.2, 0) is 0 Å². The van der Waals surface area contributed by atoms with Gasteiger partial charge in [-0.05, 0) is 18.6 Å². The van der Waals surface area contributed by atoms with Crippen LogP contribution in [0.2, 0.25) is 5.15 Å². The van der Waals surface area contributed by atoms with Crippen LogP contribution in [0.1, 0.15) is 26.4 Å². The molecule has 17 heavy (non-hydrogen) atoms. The third kappa shape index (κ3) is 2.72. The van der Waals surface area contributed by atoms with Crippen LogP contribution >= 0.6 is 11.6 Å². The molecule has 0 bridgehead atoms. The first-order valence-corrected chi connectivity index (χ1v) is 5.18. The number of hydrogen-bond acceptors (Lipinski definition) is 4. The lowest BCUT2D eigenvalue weighted by molar-refractivity contribution is 0.0724. The van der Waals surface area contributed by atoms with Gasteiger partial charge in [0.2, 0.25) is 0 Å². The summed E-state index contributed by atoms with van der Waals surface area (Å²) < 4.78 is 0. The third-order valence-corrected chi connectivity index (χ3v) is 2.47. The van der Waals surface area contributed by atoms with Crippen molar-refractivity contribution in [2.24, 2.45) is 5.73 Å². The van der Waals surface area contributed by atoms with Gasteiger partial charge in [0.25, 0.3) is 11.8 Å². The van der Waals surface area contributed by atoms with Gasteiger partial charge in [-0.1, -0.05) is 11.6 Å². The number of nitrogens with two attached hydrogens (primary N) is 1. The number of pyridine rings is 1. The minimum Gasteiger partial charge on any atom is -0.366 e. The van der Waals surface area contributed by atoms with Crippen molar-refractivity contribution in [2.45, 2.75) is 6.92 Å². The number of hydrogen-bond donors (Lipinski definition) is 2. The fraction of sp³-hybridized carbons (Fsp3) is 0.300. The van der Waals surface area contributed by atoms with Gasteiger partial charge in [0.1, 0.15) is 10.8 Å². The van der Waals surface area contributed by atoms with Gasteiger partial charge in [0.05, 0.1) is 5.56 Å². The molecule has 1 rings (SSSR count). The second-order valence-corrected chi connectivity index (χ2v) is 3.82. The molecule has 7 heteroatoms. The fourth-order valence-corrected chi connectivity index (χ4v) is 1.61. The SMILES string of the molecule is CNN(C)C(=O)c1nc(Cl)cc(C)c1C(N)=O. The maximum Gasteiger partial charge on any atom is 0.287 e. The van der Waals surface area contributed by atoms with Gasteiger partial charge in [0, 0.05) is 14.1 Å². The zero-order valence-electron chi connectivity index (χ0n) is 9.74. The molecule has 92 valence electrons. The summed E-state index contributed by atoms with van der Waals surface area (Å²) in [6.45, 7) is 1.64. The average Bonchev–Trinajstić information content (AvgIpc) is 2.25. The van der Waals surface area contributed by atoms with Crippen molar-refractivity contribution < 1.29 is 9.59 Å². The Morgan fingerprint density at radius 2 is 2.12 bits per heavy atom. The molecule has 0 saturated heterocycles.